The lowest BCUT2D eigenvalue weighted by molar-refractivity contribution is -0.137. The van der Waals surface area contributed by atoms with Crippen molar-refractivity contribution in [1.29, 1.82) is 0 Å². The summed E-state index contributed by atoms with van der Waals surface area (Å²) in [6.45, 7) is 3.24. The lowest BCUT2D eigenvalue weighted by atomic mass is 10.1. The molecule has 0 amide bonds. The van der Waals surface area contributed by atoms with Gasteiger partial charge in [-0.1, -0.05) is 13.8 Å². The summed E-state index contributed by atoms with van der Waals surface area (Å²) in [5.41, 5.74) is 4.07. The Bertz CT molecular complexity index is 1300. The molecule has 1 aromatic heterocycles. The summed E-state index contributed by atoms with van der Waals surface area (Å²) in [5, 5.41) is 0. The topological polar surface area (TPSA) is 163 Å². The predicted octanol–water partition coefficient (Wildman–Crippen LogP) is -0.991. The molecule has 32 heavy (non-hydrogen) atoms. The molecule has 2 aliphatic rings. The van der Waals surface area contributed by atoms with Crippen molar-refractivity contribution >= 4 is 33.4 Å². The van der Waals surface area contributed by atoms with Gasteiger partial charge >= 0.3 is 11.7 Å². The van der Waals surface area contributed by atoms with Crippen molar-refractivity contribution in [3.05, 3.63) is 50.3 Å². The van der Waals surface area contributed by atoms with Gasteiger partial charge in [-0.15, -0.1) is 4.40 Å². The highest BCUT2D eigenvalue weighted by atomic mass is 32.2. The molecule has 0 saturated carbocycles. The molecule has 12 nitrogen and oxygen atoms in total. The van der Waals surface area contributed by atoms with Crippen LogP contribution in [-0.2, 0) is 33.1 Å². The number of nitrogen functional groups attached to an aromatic ring is 1. The lowest BCUT2D eigenvalue weighted by Gasteiger charge is -2.26. The van der Waals surface area contributed by atoms with Crippen molar-refractivity contribution in [2.24, 2.45) is 17.4 Å². The van der Waals surface area contributed by atoms with Crippen molar-refractivity contribution in [2.45, 2.75) is 20.4 Å². The van der Waals surface area contributed by atoms with Gasteiger partial charge < -0.3 is 15.4 Å². The van der Waals surface area contributed by atoms with E-state index in [1.807, 2.05) is 13.8 Å². The number of ketones is 1. The number of nitrogens with two attached hydrogens (primary N) is 1. The summed E-state index contributed by atoms with van der Waals surface area (Å²) >= 11 is 0. The molecule has 172 valence electrons. The van der Waals surface area contributed by atoms with Gasteiger partial charge in [-0.05, 0) is 18.1 Å². The maximum absolute atomic E-state index is 12.7. The van der Waals surface area contributed by atoms with Crippen molar-refractivity contribution < 1.29 is 22.7 Å². The standard InChI is InChI=1S/C19H23N5O7S/c1-11(2)8-24-16(20)15(17(26)22(3)19(24)28)13(25)10-31-18(27)12-4-5-14-21-32(29,30)7-6-23(14)9-12/h4-5,9,11H,6-8,10,20H2,1-3H3. The van der Waals surface area contributed by atoms with Crippen LogP contribution in [-0.4, -0.2) is 58.9 Å². The van der Waals surface area contributed by atoms with Crippen LogP contribution in [0.2, 0.25) is 0 Å². The van der Waals surface area contributed by atoms with Gasteiger partial charge in [-0.2, -0.15) is 0 Å². The third-order valence-corrected chi connectivity index (χ3v) is 5.97. The molecule has 0 radical (unpaired) electrons. The number of sulfonamides is 1. The fraction of sp³-hybridized carbons (Fsp3) is 0.421. The van der Waals surface area contributed by atoms with Crippen LogP contribution in [0, 0.1) is 5.92 Å². The molecule has 0 unspecified atom stereocenters. The zero-order valence-corrected chi connectivity index (χ0v) is 18.6. The smallest absolute Gasteiger partial charge is 0.340 e. The Morgan fingerprint density at radius 2 is 1.94 bits per heavy atom. The Balaban J connectivity index is 1.78. The van der Waals surface area contributed by atoms with Crippen LogP contribution in [0.15, 0.2) is 37.9 Å². The van der Waals surface area contributed by atoms with Crippen molar-refractivity contribution in [1.82, 2.24) is 14.0 Å². The summed E-state index contributed by atoms with van der Waals surface area (Å²) in [6.07, 6.45) is 4.04. The number of Topliss-reactive ketones (excluding diaryl/α,β-unsaturated/α-hetero) is 1. The summed E-state index contributed by atoms with van der Waals surface area (Å²) in [6, 6.07) is 0. The van der Waals surface area contributed by atoms with Crippen LogP contribution in [0.5, 0.6) is 0 Å². The molecular weight excluding hydrogens is 442 g/mol. The highest BCUT2D eigenvalue weighted by Gasteiger charge is 2.27. The minimum absolute atomic E-state index is 0.0245. The summed E-state index contributed by atoms with van der Waals surface area (Å²) < 4.78 is 33.7. The molecule has 0 spiro atoms. The van der Waals surface area contributed by atoms with Crippen LogP contribution in [0.25, 0.3) is 0 Å². The van der Waals surface area contributed by atoms with E-state index in [1.54, 1.807) is 0 Å². The van der Waals surface area contributed by atoms with E-state index in [0.29, 0.717) is 0 Å². The van der Waals surface area contributed by atoms with E-state index >= 15 is 0 Å². The predicted molar refractivity (Wildman–Crippen MR) is 116 cm³/mol. The van der Waals surface area contributed by atoms with Gasteiger partial charge in [0.05, 0.1) is 11.3 Å². The van der Waals surface area contributed by atoms with Gasteiger partial charge in [0.15, 0.2) is 6.61 Å². The number of carbonyl (C=O) groups excluding carboxylic acids is 2. The maximum atomic E-state index is 12.7. The Hall–Kier alpha value is -3.48. The second-order valence-corrected chi connectivity index (χ2v) is 9.51. The van der Waals surface area contributed by atoms with Crippen LogP contribution in [0.3, 0.4) is 0 Å². The molecule has 0 saturated heterocycles. The van der Waals surface area contributed by atoms with E-state index in [0.717, 1.165) is 9.13 Å². The van der Waals surface area contributed by atoms with Crippen molar-refractivity contribution in [3.8, 4) is 0 Å². The zero-order valence-electron chi connectivity index (χ0n) is 17.8. The molecule has 2 N–H and O–H groups in total. The van der Waals surface area contributed by atoms with E-state index < -0.39 is 45.2 Å². The van der Waals surface area contributed by atoms with E-state index in [9.17, 15) is 27.6 Å². The lowest BCUT2D eigenvalue weighted by Crippen LogP contribution is -2.43. The average molecular weight is 465 g/mol. The molecule has 2 aliphatic heterocycles. The molecule has 0 aliphatic carbocycles. The molecule has 0 fully saturated rings. The van der Waals surface area contributed by atoms with E-state index in [-0.39, 0.29) is 42.0 Å². The number of rotatable bonds is 6. The number of hydrogen-bond acceptors (Lipinski definition) is 9. The Labute approximate surface area is 183 Å². The monoisotopic (exact) mass is 465 g/mol. The summed E-state index contributed by atoms with van der Waals surface area (Å²) in [7, 11) is -2.30. The number of fused-ring (bicyclic) bond motifs is 1. The number of nitrogens with zero attached hydrogens (tertiary/aromatic N) is 4. The van der Waals surface area contributed by atoms with Crippen molar-refractivity contribution in [2.75, 3.05) is 24.6 Å². The van der Waals surface area contributed by atoms with Crippen LogP contribution in [0.1, 0.15) is 24.2 Å². The number of amidine groups is 1. The first-order valence-corrected chi connectivity index (χ1v) is 11.3. The molecular formula is C19H23N5O7S. The third-order valence-electron chi connectivity index (χ3n) is 4.80. The summed E-state index contributed by atoms with van der Waals surface area (Å²) in [4.78, 5) is 51.3. The molecule has 3 rings (SSSR count). The molecule has 0 bridgehead atoms. The number of ether oxygens (including phenoxy) is 1. The van der Waals surface area contributed by atoms with Crippen LogP contribution >= 0.6 is 0 Å². The molecule has 3 heterocycles. The van der Waals surface area contributed by atoms with Crippen molar-refractivity contribution in [3.63, 3.8) is 0 Å². The van der Waals surface area contributed by atoms with E-state index in [4.69, 9.17) is 10.5 Å². The Kier molecular flexibility index (Phi) is 6.21. The number of esters is 1. The maximum Gasteiger partial charge on any atom is 0.340 e. The van der Waals surface area contributed by atoms with Gasteiger partial charge in [-0.25, -0.2) is 18.0 Å². The normalized spacial score (nSPS) is 16.9. The van der Waals surface area contributed by atoms with E-state index in [1.165, 1.54) is 30.3 Å². The third kappa shape index (κ3) is 4.56. The van der Waals surface area contributed by atoms with Gasteiger partial charge in [-0.3, -0.25) is 18.7 Å². The van der Waals surface area contributed by atoms with Gasteiger partial charge in [0, 0.05) is 26.3 Å². The first-order chi connectivity index (χ1) is 14.9. The first-order valence-electron chi connectivity index (χ1n) is 9.70. The quantitative estimate of drug-likeness (QED) is 0.410. The second-order valence-electron chi connectivity index (χ2n) is 7.76. The molecule has 0 aromatic carbocycles. The summed E-state index contributed by atoms with van der Waals surface area (Å²) in [5.74, 6) is -1.98. The van der Waals surface area contributed by atoms with Crippen LogP contribution < -0.4 is 17.0 Å². The number of anilines is 1. The highest BCUT2D eigenvalue weighted by molar-refractivity contribution is 7.90. The Morgan fingerprint density at radius 3 is 2.59 bits per heavy atom. The average Bonchev–Trinajstić information content (AvgIpc) is 2.72. The first kappa shape index (κ1) is 23.2. The second kappa shape index (κ2) is 8.57. The molecule has 13 heteroatoms. The van der Waals surface area contributed by atoms with Gasteiger partial charge in [0.25, 0.3) is 15.6 Å². The number of aromatic nitrogens is 2. The molecule has 0 atom stereocenters. The number of hydrogen-bond donors (Lipinski definition) is 1. The van der Waals surface area contributed by atoms with Crippen LogP contribution in [0.4, 0.5) is 5.82 Å². The highest BCUT2D eigenvalue weighted by Crippen LogP contribution is 2.17. The van der Waals surface area contributed by atoms with E-state index in [2.05, 4.69) is 4.40 Å². The largest absolute Gasteiger partial charge is 0.454 e. The zero-order chi connectivity index (χ0) is 23.8. The Morgan fingerprint density at radius 1 is 1.25 bits per heavy atom. The van der Waals surface area contributed by atoms with Gasteiger partial charge in [0.2, 0.25) is 5.78 Å². The minimum Gasteiger partial charge on any atom is -0.454 e. The number of carbonyl (C=O) groups is 2. The van der Waals surface area contributed by atoms with Gasteiger partial charge in [0.1, 0.15) is 17.2 Å². The minimum atomic E-state index is -3.53. The molecule has 1 aromatic rings. The fourth-order valence-electron chi connectivity index (χ4n) is 3.20. The fourth-order valence-corrected chi connectivity index (χ4v) is 4.16. The SMILES string of the molecule is CC(C)Cn1c(N)c(C(=O)COC(=O)C2=CN3CCS(=O)(=O)N=C3C=C2)c(=O)n(C)c1=O.